The molecule has 1 N–H and O–H groups in total. The Morgan fingerprint density at radius 2 is 2.14 bits per heavy atom. The molecule has 3 saturated heterocycles. The Labute approximate surface area is 167 Å². The smallest absolute Gasteiger partial charge is 0.264 e. The summed E-state index contributed by atoms with van der Waals surface area (Å²) in [7, 11) is 0. The first-order valence-electron chi connectivity index (χ1n) is 9.77. The molecule has 2 aromatic heterocycles. The fourth-order valence-corrected chi connectivity index (χ4v) is 5.97. The zero-order valence-corrected chi connectivity index (χ0v) is 16.6. The van der Waals surface area contributed by atoms with Crippen LogP contribution in [0.5, 0.6) is 0 Å². The maximum Gasteiger partial charge on any atom is 0.264 e. The zero-order valence-electron chi connectivity index (χ0n) is 15.8. The lowest BCUT2D eigenvalue weighted by atomic mass is 9.73. The topological polar surface area (TPSA) is 71.5 Å². The number of amides is 2. The third-order valence-corrected chi connectivity index (χ3v) is 7.45. The third kappa shape index (κ3) is 2.84. The average molecular weight is 398 g/mol. The van der Waals surface area contributed by atoms with E-state index in [0.717, 1.165) is 22.6 Å². The molecule has 28 heavy (non-hydrogen) atoms. The van der Waals surface area contributed by atoms with Crippen molar-refractivity contribution in [1.82, 2.24) is 15.2 Å². The number of carbonyl (C=O) groups is 2. The van der Waals surface area contributed by atoms with Gasteiger partial charge in [-0.3, -0.25) is 14.6 Å². The summed E-state index contributed by atoms with van der Waals surface area (Å²) in [5.74, 6) is 0.559. The summed E-state index contributed by atoms with van der Waals surface area (Å²) < 4.78 is 6.40. The van der Waals surface area contributed by atoms with Gasteiger partial charge in [0.1, 0.15) is 0 Å². The van der Waals surface area contributed by atoms with E-state index in [1.807, 2.05) is 24.0 Å². The molecule has 2 amide bonds. The number of thiophene rings is 1. The molecule has 0 aromatic carbocycles. The molecule has 2 bridgehead atoms. The van der Waals surface area contributed by atoms with E-state index in [2.05, 4.69) is 10.3 Å². The number of fused-ring (bicyclic) bond motifs is 1. The Bertz CT molecular complexity index is 915. The Balaban J connectivity index is 1.28. The summed E-state index contributed by atoms with van der Waals surface area (Å²) in [5.41, 5.74) is 0.392. The van der Waals surface area contributed by atoms with Crippen molar-refractivity contribution < 1.29 is 14.3 Å². The maximum absolute atomic E-state index is 12.9. The second-order valence-electron chi connectivity index (χ2n) is 8.07. The number of hydrogen-bond acceptors (Lipinski definition) is 5. The number of rotatable bonds is 4. The molecular formula is C21H23N3O3S. The van der Waals surface area contributed by atoms with E-state index in [9.17, 15) is 9.59 Å². The summed E-state index contributed by atoms with van der Waals surface area (Å²) in [6.45, 7) is 3.98. The van der Waals surface area contributed by atoms with Gasteiger partial charge in [-0.05, 0) is 44.0 Å². The summed E-state index contributed by atoms with van der Waals surface area (Å²) in [4.78, 5) is 33.2. The molecule has 3 aliphatic heterocycles. The minimum atomic E-state index is -0.224. The molecule has 1 spiro atoms. The van der Waals surface area contributed by atoms with Crippen LogP contribution in [0.4, 0.5) is 0 Å². The van der Waals surface area contributed by atoms with Gasteiger partial charge in [0.2, 0.25) is 0 Å². The van der Waals surface area contributed by atoms with Crippen LogP contribution in [0.2, 0.25) is 0 Å². The van der Waals surface area contributed by atoms with Gasteiger partial charge in [0.05, 0.1) is 23.1 Å². The van der Waals surface area contributed by atoms with Gasteiger partial charge in [0, 0.05) is 47.8 Å². The molecule has 5 rings (SSSR count). The SMILES string of the molecule is Cc1ccc(C(=O)N2C[C@@H]3[C@H](CNC(=O)c4ccncc4)[C@H]4CC[C@]3(C2)O4)s1. The molecule has 5 heterocycles. The van der Waals surface area contributed by atoms with Crippen LogP contribution >= 0.6 is 11.3 Å². The molecule has 146 valence electrons. The monoisotopic (exact) mass is 397 g/mol. The van der Waals surface area contributed by atoms with Gasteiger partial charge in [0.15, 0.2) is 0 Å². The molecule has 7 heteroatoms. The van der Waals surface area contributed by atoms with Gasteiger partial charge in [-0.25, -0.2) is 0 Å². The number of ether oxygens (including phenoxy) is 1. The predicted molar refractivity (Wildman–Crippen MR) is 105 cm³/mol. The third-order valence-electron chi connectivity index (χ3n) is 6.46. The molecule has 3 fully saturated rings. The number of likely N-dealkylation sites (tertiary alicyclic amines) is 1. The normalized spacial score (nSPS) is 30.5. The fourth-order valence-electron chi connectivity index (χ4n) is 5.14. The van der Waals surface area contributed by atoms with E-state index < -0.39 is 0 Å². The molecule has 6 nitrogen and oxygen atoms in total. The van der Waals surface area contributed by atoms with Crippen LogP contribution in [0, 0.1) is 18.8 Å². The van der Waals surface area contributed by atoms with Gasteiger partial charge in [-0.2, -0.15) is 0 Å². The lowest BCUT2D eigenvalue weighted by Gasteiger charge is -2.29. The van der Waals surface area contributed by atoms with Crippen LogP contribution in [0.1, 0.15) is 37.7 Å². The van der Waals surface area contributed by atoms with Crippen LogP contribution in [0.25, 0.3) is 0 Å². The van der Waals surface area contributed by atoms with Gasteiger partial charge in [-0.1, -0.05) is 0 Å². The summed E-state index contributed by atoms with van der Waals surface area (Å²) in [5, 5.41) is 3.07. The highest BCUT2D eigenvalue weighted by Crippen LogP contribution is 2.54. The molecule has 0 aliphatic carbocycles. The van der Waals surface area contributed by atoms with E-state index in [1.54, 1.807) is 35.9 Å². The first-order valence-corrected chi connectivity index (χ1v) is 10.6. The summed E-state index contributed by atoms with van der Waals surface area (Å²) in [6.07, 6.45) is 5.44. The fraction of sp³-hybridized carbons (Fsp3) is 0.476. The van der Waals surface area contributed by atoms with Gasteiger partial charge in [-0.15, -0.1) is 11.3 Å². The lowest BCUT2D eigenvalue weighted by molar-refractivity contribution is 0.00322. The highest BCUT2D eigenvalue weighted by atomic mass is 32.1. The largest absolute Gasteiger partial charge is 0.369 e. The van der Waals surface area contributed by atoms with Crippen LogP contribution in [0.15, 0.2) is 36.7 Å². The quantitative estimate of drug-likeness (QED) is 0.861. The zero-order chi connectivity index (χ0) is 19.3. The van der Waals surface area contributed by atoms with E-state index in [-0.39, 0.29) is 35.4 Å². The van der Waals surface area contributed by atoms with Gasteiger partial charge < -0.3 is 15.0 Å². The number of hydrogen-bond donors (Lipinski definition) is 1. The Morgan fingerprint density at radius 1 is 1.32 bits per heavy atom. The van der Waals surface area contributed by atoms with Crippen molar-refractivity contribution in [2.45, 2.75) is 31.5 Å². The second-order valence-corrected chi connectivity index (χ2v) is 9.36. The van der Waals surface area contributed by atoms with E-state index in [0.29, 0.717) is 25.2 Å². The molecule has 0 radical (unpaired) electrons. The molecule has 4 atom stereocenters. The van der Waals surface area contributed by atoms with Crippen LogP contribution < -0.4 is 5.32 Å². The molecular weight excluding hydrogens is 374 g/mol. The number of pyridine rings is 1. The van der Waals surface area contributed by atoms with Gasteiger partial charge in [0.25, 0.3) is 11.8 Å². The molecule has 0 saturated carbocycles. The minimum absolute atomic E-state index is 0.0841. The van der Waals surface area contributed by atoms with Crippen molar-refractivity contribution >= 4 is 23.2 Å². The average Bonchev–Trinajstić information content (AvgIpc) is 3.46. The molecule has 0 unspecified atom stereocenters. The molecule has 3 aliphatic rings. The lowest BCUT2D eigenvalue weighted by Crippen LogP contribution is -2.41. The van der Waals surface area contributed by atoms with Crippen molar-refractivity contribution in [3.8, 4) is 0 Å². The van der Waals surface area contributed by atoms with Crippen LogP contribution in [0.3, 0.4) is 0 Å². The molecule has 2 aromatic rings. The number of nitrogens with zero attached hydrogens (tertiary/aromatic N) is 2. The standard InChI is InChI=1S/C21H23N3O3S/c1-13-2-3-18(28-13)20(26)24-11-16-15(17-4-7-21(16,12-24)27-17)10-23-19(25)14-5-8-22-9-6-14/h2-3,5-6,8-9,15-17H,4,7,10-12H2,1H3,(H,23,25)/t15-,16+,17+,21+/m0/s1. The number of aryl methyl sites for hydroxylation is 1. The second kappa shape index (κ2) is 6.67. The summed E-state index contributed by atoms with van der Waals surface area (Å²) in [6, 6.07) is 7.34. The van der Waals surface area contributed by atoms with Crippen molar-refractivity contribution in [1.29, 1.82) is 0 Å². The Kier molecular flexibility index (Phi) is 4.25. The first kappa shape index (κ1) is 17.8. The minimum Gasteiger partial charge on any atom is -0.369 e. The van der Waals surface area contributed by atoms with E-state index in [1.165, 1.54) is 0 Å². The van der Waals surface area contributed by atoms with Crippen molar-refractivity contribution in [2.24, 2.45) is 11.8 Å². The summed E-state index contributed by atoms with van der Waals surface area (Å²) >= 11 is 1.55. The number of aromatic nitrogens is 1. The Morgan fingerprint density at radius 3 is 2.89 bits per heavy atom. The highest BCUT2D eigenvalue weighted by molar-refractivity contribution is 7.13. The van der Waals surface area contributed by atoms with E-state index in [4.69, 9.17) is 4.74 Å². The number of carbonyl (C=O) groups excluding carboxylic acids is 2. The highest BCUT2D eigenvalue weighted by Gasteiger charge is 2.63. The first-order chi connectivity index (χ1) is 13.6. The van der Waals surface area contributed by atoms with Crippen LogP contribution in [-0.4, -0.2) is 53.0 Å². The van der Waals surface area contributed by atoms with E-state index >= 15 is 0 Å². The van der Waals surface area contributed by atoms with Crippen molar-refractivity contribution in [2.75, 3.05) is 19.6 Å². The van der Waals surface area contributed by atoms with Crippen molar-refractivity contribution in [3.05, 3.63) is 52.0 Å². The number of nitrogens with one attached hydrogen (secondary N) is 1. The predicted octanol–water partition coefficient (Wildman–Crippen LogP) is 2.50. The van der Waals surface area contributed by atoms with Crippen LogP contribution in [-0.2, 0) is 4.74 Å². The Hall–Kier alpha value is -2.25. The van der Waals surface area contributed by atoms with Gasteiger partial charge >= 0.3 is 0 Å². The van der Waals surface area contributed by atoms with Crippen molar-refractivity contribution in [3.63, 3.8) is 0 Å². The maximum atomic E-state index is 12.9.